The molecular formula is C14H20ClN3O2. The van der Waals surface area contributed by atoms with Crippen LogP contribution in [0.4, 0.5) is 4.79 Å². The summed E-state index contributed by atoms with van der Waals surface area (Å²) in [5.74, 6) is -0.0418. The van der Waals surface area contributed by atoms with Crippen LogP contribution < -0.4 is 11.1 Å². The van der Waals surface area contributed by atoms with Gasteiger partial charge in [0.05, 0.1) is 12.6 Å². The van der Waals surface area contributed by atoms with Crippen molar-refractivity contribution in [3.05, 3.63) is 34.9 Å². The van der Waals surface area contributed by atoms with Crippen LogP contribution in [0.3, 0.4) is 0 Å². The lowest BCUT2D eigenvalue weighted by atomic mass is 9.94. The number of nitrogens with two attached hydrogens (primary N) is 1. The van der Waals surface area contributed by atoms with Gasteiger partial charge in [-0.15, -0.1) is 0 Å². The topological polar surface area (TPSA) is 75.4 Å². The Morgan fingerprint density at radius 2 is 1.95 bits per heavy atom. The summed E-state index contributed by atoms with van der Waals surface area (Å²) >= 11 is 6.21. The number of carbonyl (C=O) groups is 2. The number of benzene rings is 1. The van der Waals surface area contributed by atoms with Crippen LogP contribution in [-0.4, -0.2) is 30.4 Å². The van der Waals surface area contributed by atoms with Gasteiger partial charge in [-0.2, -0.15) is 0 Å². The van der Waals surface area contributed by atoms with Crippen molar-refractivity contribution in [3.63, 3.8) is 0 Å². The number of nitrogens with zero attached hydrogens (tertiary/aromatic N) is 1. The smallest absolute Gasteiger partial charge is 0.312 e. The average Bonchev–Trinajstić information content (AvgIpc) is 2.37. The van der Waals surface area contributed by atoms with Gasteiger partial charge in [0.25, 0.3) is 0 Å². The monoisotopic (exact) mass is 297 g/mol. The SMILES string of the molecule is CC(C)[C@H](c1ccccc1Cl)N(C)C(=O)CNC(N)=O. The molecule has 3 amide bonds. The molecule has 110 valence electrons. The average molecular weight is 298 g/mol. The predicted octanol–water partition coefficient (Wildman–Crippen LogP) is 2.16. The highest BCUT2D eigenvalue weighted by Gasteiger charge is 2.26. The van der Waals surface area contributed by atoms with E-state index in [0.717, 1.165) is 5.56 Å². The van der Waals surface area contributed by atoms with Crippen molar-refractivity contribution in [2.45, 2.75) is 19.9 Å². The van der Waals surface area contributed by atoms with Gasteiger partial charge < -0.3 is 16.0 Å². The van der Waals surface area contributed by atoms with Crippen LogP contribution in [0.15, 0.2) is 24.3 Å². The summed E-state index contributed by atoms with van der Waals surface area (Å²) in [6.45, 7) is 3.90. The van der Waals surface area contributed by atoms with Gasteiger partial charge in [0.1, 0.15) is 0 Å². The van der Waals surface area contributed by atoms with E-state index >= 15 is 0 Å². The van der Waals surface area contributed by atoms with Crippen molar-refractivity contribution >= 4 is 23.5 Å². The maximum atomic E-state index is 12.1. The number of urea groups is 1. The molecule has 5 nitrogen and oxygen atoms in total. The Hall–Kier alpha value is -1.75. The number of halogens is 1. The molecule has 20 heavy (non-hydrogen) atoms. The van der Waals surface area contributed by atoms with Gasteiger partial charge in [-0.05, 0) is 17.5 Å². The fraction of sp³-hybridized carbons (Fsp3) is 0.429. The zero-order valence-corrected chi connectivity index (χ0v) is 12.6. The molecule has 0 aromatic heterocycles. The molecule has 0 aliphatic carbocycles. The second-order valence-corrected chi connectivity index (χ2v) is 5.34. The van der Waals surface area contributed by atoms with Crippen LogP contribution in [0.25, 0.3) is 0 Å². The van der Waals surface area contributed by atoms with Crippen LogP contribution in [-0.2, 0) is 4.79 Å². The Morgan fingerprint density at radius 3 is 2.45 bits per heavy atom. The Balaban J connectivity index is 2.94. The number of hydrogen-bond donors (Lipinski definition) is 2. The van der Waals surface area contributed by atoms with Gasteiger partial charge in [0.2, 0.25) is 5.91 Å². The molecule has 0 unspecified atom stereocenters. The lowest BCUT2D eigenvalue weighted by molar-refractivity contribution is -0.131. The summed E-state index contributed by atoms with van der Waals surface area (Å²) in [4.78, 5) is 24.3. The number of amides is 3. The third-order valence-corrected chi connectivity index (χ3v) is 3.42. The number of rotatable bonds is 5. The van der Waals surface area contributed by atoms with Crippen LogP contribution in [0.1, 0.15) is 25.5 Å². The molecule has 1 aromatic rings. The van der Waals surface area contributed by atoms with Gasteiger partial charge in [0, 0.05) is 12.1 Å². The Kier molecular flexibility index (Phi) is 5.82. The zero-order chi connectivity index (χ0) is 15.3. The summed E-state index contributed by atoms with van der Waals surface area (Å²) in [5.41, 5.74) is 5.86. The van der Waals surface area contributed by atoms with Crippen molar-refractivity contribution < 1.29 is 9.59 Å². The van der Waals surface area contributed by atoms with Crippen molar-refractivity contribution in [2.75, 3.05) is 13.6 Å². The van der Waals surface area contributed by atoms with E-state index in [1.54, 1.807) is 18.0 Å². The molecule has 1 rings (SSSR count). The number of primary amides is 1. The first-order valence-electron chi connectivity index (χ1n) is 6.38. The normalized spacial score (nSPS) is 12.1. The van der Waals surface area contributed by atoms with Gasteiger partial charge in [-0.3, -0.25) is 4.79 Å². The van der Waals surface area contributed by atoms with Gasteiger partial charge >= 0.3 is 6.03 Å². The largest absolute Gasteiger partial charge is 0.352 e. The maximum absolute atomic E-state index is 12.1. The lowest BCUT2D eigenvalue weighted by Gasteiger charge is -2.32. The minimum atomic E-state index is -0.717. The highest BCUT2D eigenvalue weighted by molar-refractivity contribution is 6.31. The number of likely N-dealkylation sites (N-methyl/N-ethyl adjacent to an activating group) is 1. The van der Waals surface area contributed by atoms with E-state index in [2.05, 4.69) is 5.32 Å². The molecule has 0 fully saturated rings. The number of hydrogen-bond acceptors (Lipinski definition) is 2. The van der Waals surface area contributed by atoms with E-state index in [-0.39, 0.29) is 24.4 Å². The molecule has 3 N–H and O–H groups in total. The van der Waals surface area contributed by atoms with E-state index in [1.807, 2.05) is 32.0 Å². The molecular weight excluding hydrogens is 278 g/mol. The molecule has 0 heterocycles. The fourth-order valence-electron chi connectivity index (χ4n) is 2.17. The van der Waals surface area contributed by atoms with Crippen LogP contribution in [0.5, 0.6) is 0 Å². The fourth-order valence-corrected chi connectivity index (χ4v) is 2.42. The minimum Gasteiger partial charge on any atom is -0.352 e. The summed E-state index contributed by atoms with van der Waals surface area (Å²) in [7, 11) is 1.69. The van der Waals surface area contributed by atoms with Crippen LogP contribution >= 0.6 is 11.6 Å². The summed E-state index contributed by atoms with van der Waals surface area (Å²) < 4.78 is 0. The summed E-state index contributed by atoms with van der Waals surface area (Å²) in [6.07, 6.45) is 0. The molecule has 1 atom stereocenters. The predicted molar refractivity (Wildman–Crippen MR) is 79.4 cm³/mol. The van der Waals surface area contributed by atoms with E-state index < -0.39 is 6.03 Å². The molecule has 0 aliphatic heterocycles. The van der Waals surface area contributed by atoms with Crippen LogP contribution in [0.2, 0.25) is 5.02 Å². The number of nitrogens with one attached hydrogen (secondary N) is 1. The first kappa shape index (κ1) is 16.3. The first-order chi connectivity index (χ1) is 9.34. The molecule has 0 bridgehead atoms. The highest BCUT2D eigenvalue weighted by atomic mass is 35.5. The maximum Gasteiger partial charge on any atom is 0.312 e. The molecule has 1 aromatic carbocycles. The van der Waals surface area contributed by atoms with Crippen molar-refractivity contribution in [1.29, 1.82) is 0 Å². The van der Waals surface area contributed by atoms with E-state index in [0.29, 0.717) is 5.02 Å². The first-order valence-corrected chi connectivity index (χ1v) is 6.75. The zero-order valence-electron chi connectivity index (χ0n) is 11.9. The van der Waals surface area contributed by atoms with E-state index in [4.69, 9.17) is 17.3 Å². The lowest BCUT2D eigenvalue weighted by Crippen LogP contribution is -2.42. The van der Waals surface area contributed by atoms with Crippen LogP contribution in [0, 0.1) is 5.92 Å². The standard InChI is InChI=1S/C14H20ClN3O2/c1-9(2)13(10-6-4-5-7-11(10)15)18(3)12(19)8-17-14(16)20/h4-7,9,13H,8H2,1-3H3,(H3,16,17,20)/t13-/m1/s1. The Morgan fingerprint density at radius 1 is 1.35 bits per heavy atom. The molecule has 0 aliphatic rings. The summed E-state index contributed by atoms with van der Waals surface area (Å²) in [6, 6.07) is 6.55. The summed E-state index contributed by atoms with van der Waals surface area (Å²) in [5, 5.41) is 2.92. The third kappa shape index (κ3) is 4.13. The van der Waals surface area contributed by atoms with Crippen molar-refractivity contribution in [2.24, 2.45) is 11.7 Å². The molecule has 6 heteroatoms. The minimum absolute atomic E-state index is 0.125. The second-order valence-electron chi connectivity index (χ2n) is 4.93. The Labute approximate surface area is 124 Å². The van der Waals surface area contributed by atoms with E-state index in [9.17, 15) is 9.59 Å². The molecule has 0 radical (unpaired) electrons. The molecule has 0 saturated carbocycles. The van der Waals surface area contributed by atoms with Crippen molar-refractivity contribution in [3.8, 4) is 0 Å². The van der Waals surface area contributed by atoms with Gasteiger partial charge in [0.15, 0.2) is 0 Å². The van der Waals surface area contributed by atoms with Gasteiger partial charge in [-0.1, -0.05) is 43.6 Å². The third-order valence-electron chi connectivity index (χ3n) is 3.08. The highest BCUT2D eigenvalue weighted by Crippen LogP contribution is 2.32. The molecule has 0 saturated heterocycles. The second kappa shape index (κ2) is 7.14. The number of carbonyl (C=O) groups excluding carboxylic acids is 2. The van der Waals surface area contributed by atoms with E-state index in [1.165, 1.54) is 0 Å². The van der Waals surface area contributed by atoms with Crippen molar-refractivity contribution in [1.82, 2.24) is 10.2 Å². The molecule has 0 spiro atoms. The quantitative estimate of drug-likeness (QED) is 0.874. The van der Waals surface area contributed by atoms with Gasteiger partial charge in [-0.25, -0.2) is 4.79 Å². The Bertz CT molecular complexity index is 491.